The monoisotopic (exact) mass is 411 g/mol. The highest BCUT2D eigenvalue weighted by Crippen LogP contribution is 2.23. The molecule has 0 fully saturated rings. The highest BCUT2D eigenvalue weighted by Gasteiger charge is 2.18. The van der Waals surface area contributed by atoms with Gasteiger partial charge in [0.05, 0.1) is 26.5 Å². The second kappa shape index (κ2) is 9.93. The number of methoxy groups -OCH3 is 2. The zero-order valence-corrected chi connectivity index (χ0v) is 17.5. The molecule has 0 aliphatic heterocycles. The summed E-state index contributed by atoms with van der Waals surface area (Å²) in [6.07, 6.45) is 0.907. The van der Waals surface area contributed by atoms with E-state index in [1.165, 1.54) is 6.07 Å². The van der Waals surface area contributed by atoms with Gasteiger partial charge in [-0.15, -0.1) is 0 Å². The van der Waals surface area contributed by atoms with Gasteiger partial charge < -0.3 is 24.1 Å². The second-order valence-electron chi connectivity index (χ2n) is 7.05. The number of para-hydroxylation sites is 2. The molecule has 1 unspecified atom stereocenters. The lowest BCUT2D eigenvalue weighted by atomic mass is 10.1. The molecule has 2 N–H and O–H groups in total. The Morgan fingerprint density at radius 3 is 2.63 bits per heavy atom. The first-order valence-electron chi connectivity index (χ1n) is 9.91. The third-order valence-corrected chi connectivity index (χ3v) is 4.87. The summed E-state index contributed by atoms with van der Waals surface area (Å²) in [5.41, 5.74) is 1.54. The van der Waals surface area contributed by atoms with Gasteiger partial charge in [-0.05, 0) is 30.7 Å². The average Bonchev–Trinajstić information content (AvgIpc) is 2.73. The van der Waals surface area contributed by atoms with Crippen LogP contribution in [0.1, 0.15) is 18.9 Å². The number of hydrogen-bond donors (Lipinski definition) is 2. The van der Waals surface area contributed by atoms with E-state index in [-0.39, 0.29) is 12.5 Å². The molecule has 0 bridgehead atoms. The van der Waals surface area contributed by atoms with E-state index in [2.05, 4.69) is 12.2 Å². The highest BCUT2D eigenvalue weighted by atomic mass is 16.5. The van der Waals surface area contributed by atoms with E-state index < -0.39 is 5.63 Å². The molecule has 2 aromatic carbocycles. The standard InChI is InChI=1S/C23H26N2O5/c1-4-11-25(15-22(26)24-19-7-5-6-8-20(19)29-3)14-16-12-23(27)30-21-13-17(28-2)9-10-18(16)21/h5-10,12-13H,4,11,14-15H2,1-3H3,(H,24,26)/p+1. The van der Waals surface area contributed by atoms with Crippen molar-refractivity contribution in [1.29, 1.82) is 0 Å². The van der Waals surface area contributed by atoms with Crippen molar-refractivity contribution in [1.82, 2.24) is 0 Å². The van der Waals surface area contributed by atoms with Crippen molar-refractivity contribution in [2.24, 2.45) is 0 Å². The predicted molar refractivity (Wildman–Crippen MR) is 115 cm³/mol. The molecule has 0 aliphatic rings. The molecule has 3 rings (SSSR count). The van der Waals surface area contributed by atoms with Crippen LogP contribution in [-0.4, -0.2) is 33.2 Å². The Morgan fingerprint density at radius 1 is 1.10 bits per heavy atom. The van der Waals surface area contributed by atoms with Crippen molar-refractivity contribution in [3.8, 4) is 11.5 Å². The van der Waals surface area contributed by atoms with E-state index in [1.54, 1.807) is 32.4 Å². The fourth-order valence-electron chi connectivity index (χ4n) is 3.51. The maximum atomic E-state index is 12.7. The summed E-state index contributed by atoms with van der Waals surface area (Å²) in [4.78, 5) is 25.8. The Balaban J connectivity index is 1.80. The quantitative estimate of drug-likeness (QED) is 0.528. The van der Waals surface area contributed by atoms with Gasteiger partial charge in [0.25, 0.3) is 5.91 Å². The van der Waals surface area contributed by atoms with Crippen LogP contribution >= 0.6 is 0 Å². The Hall–Kier alpha value is -3.32. The molecule has 30 heavy (non-hydrogen) atoms. The van der Waals surface area contributed by atoms with Gasteiger partial charge in [-0.1, -0.05) is 19.1 Å². The van der Waals surface area contributed by atoms with E-state index in [0.29, 0.717) is 29.3 Å². The van der Waals surface area contributed by atoms with E-state index in [1.807, 2.05) is 24.3 Å². The first kappa shape index (κ1) is 21.4. The van der Waals surface area contributed by atoms with Crippen LogP contribution in [0.3, 0.4) is 0 Å². The smallest absolute Gasteiger partial charge is 0.336 e. The van der Waals surface area contributed by atoms with Gasteiger partial charge in [-0.25, -0.2) is 4.79 Å². The first-order chi connectivity index (χ1) is 14.5. The van der Waals surface area contributed by atoms with Crippen LogP contribution in [-0.2, 0) is 11.3 Å². The highest BCUT2D eigenvalue weighted by molar-refractivity contribution is 5.93. The molecule has 1 heterocycles. The summed E-state index contributed by atoms with van der Waals surface area (Å²) >= 11 is 0. The molecule has 0 saturated carbocycles. The van der Waals surface area contributed by atoms with Crippen molar-refractivity contribution >= 4 is 22.6 Å². The third kappa shape index (κ3) is 5.18. The molecule has 7 nitrogen and oxygen atoms in total. The van der Waals surface area contributed by atoms with Gasteiger partial charge in [0, 0.05) is 23.1 Å². The first-order valence-corrected chi connectivity index (χ1v) is 9.91. The number of hydrogen-bond acceptors (Lipinski definition) is 5. The molecular formula is C23H27N2O5+. The number of quaternary nitrogens is 1. The molecule has 158 valence electrons. The van der Waals surface area contributed by atoms with E-state index in [9.17, 15) is 9.59 Å². The maximum absolute atomic E-state index is 12.7. The molecule has 3 aromatic rings. The fraction of sp³-hybridized carbons (Fsp3) is 0.304. The summed E-state index contributed by atoms with van der Waals surface area (Å²) in [6, 6.07) is 14.2. The molecule has 1 atom stereocenters. The van der Waals surface area contributed by atoms with Crippen LogP contribution in [0.4, 0.5) is 5.69 Å². The number of ether oxygens (including phenoxy) is 2. The van der Waals surface area contributed by atoms with Gasteiger partial charge in [-0.3, -0.25) is 4.79 Å². The van der Waals surface area contributed by atoms with Crippen molar-refractivity contribution in [3.05, 3.63) is 64.5 Å². The Kier molecular flexibility index (Phi) is 7.08. The van der Waals surface area contributed by atoms with E-state index >= 15 is 0 Å². The largest absolute Gasteiger partial charge is 0.497 e. The molecule has 0 aliphatic carbocycles. The Bertz CT molecular complexity index is 1080. The zero-order chi connectivity index (χ0) is 21.5. The lowest BCUT2D eigenvalue weighted by molar-refractivity contribution is -0.905. The van der Waals surface area contributed by atoms with Crippen LogP contribution in [0.2, 0.25) is 0 Å². The summed E-state index contributed by atoms with van der Waals surface area (Å²) in [7, 11) is 3.14. The minimum absolute atomic E-state index is 0.114. The molecule has 7 heteroatoms. The van der Waals surface area contributed by atoms with Gasteiger partial charge in [-0.2, -0.15) is 0 Å². The summed E-state index contributed by atoms with van der Waals surface area (Å²) < 4.78 is 15.9. The summed E-state index contributed by atoms with van der Waals surface area (Å²) in [5.74, 6) is 1.12. The topological polar surface area (TPSA) is 82.2 Å². The van der Waals surface area contributed by atoms with Crippen LogP contribution in [0.5, 0.6) is 11.5 Å². The second-order valence-corrected chi connectivity index (χ2v) is 7.05. The molecule has 0 radical (unpaired) electrons. The van der Waals surface area contributed by atoms with Crippen molar-refractivity contribution < 1.29 is 23.6 Å². The number of amides is 1. The van der Waals surface area contributed by atoms with E-state index in [4.69, 9.17) is 13.9 Å². The van der Waals surface area contributed by atoms with Crippen LogP contribution in [0.15, 0.2) is 57.7 Å². The molecule has 1 aromatic heterocycles. The van der Waals surface area contributed by atoms with Crippen LogP contribution in [0.25, 0.3) is 11.0 Å². The predicted octanol–water partition coefficient (Wildman–Crippen LogP) is 2.24. The summed E-state index contributed by atoms with van der Waals surface area (Å²) in [5, 5.41) is 3.76. The maximum Gasteiger partial charge on any atom is 0.336 e. The molecule has 0 spiro atoms. The van der Waals surface area contributed by atoms with Crippen molar-refractivity contribution in [2.75, 3.05) is 32.6 Å². The van der Waals surface area contributed by atoms with Crippen LogP contribution in [0, 0.1) is 0 Å². The number of carbonyl (C=O) groups excluding carboxylic acids is 1. The lowest BCUT2D eigenvalue weighted by Crippen LogP contribution is -3.11. The number of rotatable bonds is 9. The van der Waals surface area contributed by atoms with E-state index in [0.717, 1.165) is 28.8 Å². The minimum Gasteiger partial charge on any atom is -0.497 e. The Morgan fingerprint density at radius 2 is 1.90 bits per heavy atom. The normalized spacial score (nSPS) is 11.8. The van der Waals surface area contributed by atoms with Crippen LogP contribution < -0.4 is 25.3 Å². The SMILES string of the molecule is CCC[NH+](CC(=O)Nc1ccccc1OC)Cc1cc(=O)oc2cc(OC)ccc12. The van der Waals surface area contributed by atoms with Gasteiger partial charge in [0.1, 0.15) is 23.6 Å². The van der Waals surface area contributed by atoms with Gasteiger partial charge in [0.2, 0.25) is 0 Å². The number of carbonyl (C=O) groups is 1. The molecular weight excluding hydrogens is 384 g/mol. The third-order valence-electron chi connectivity index (χ3n) is 4.87. The molecule has 0 saturated heterocycles. The van der Waals surface area contributed by atoms with Crippen molar-refractivity contribution in [3.63, 3.8) is 0 Å². The number of anilines is 1. The van der Waals surface area contributed by atoms with Gasteiger partial charge in [0.15, 0.2) is 6.54 Å². The fourth-order valence-corrected chi connectivity index (χ4v) is 3.51. The van der Waals surface area contributed by atoms with Gasteiger partial charge >= 0.3 is 5.63 Å². The lowest BCUT2D eigenvalue weighted by Gasteiger charge is -2.19. The number of fused-ring (bicyclic) bond motifs is 1. The van der Waals surface area contributed by atoms with Crippen molar-refractivity contribution in [2.45, 2.75) is 19.9 Å². The molecule has 1 amide bonds. The number of benzene rings is 2. The minimum atomic E-state index is -0.417. The average molecular weight is 411 g/mol. The summed E-state index contributed by atoms with van der Waals surface area (Å²) in [6.45, 7) is 3.66. The Labute approximate surface area is 175 Å². The zero-order valence-electron chi connectivity index (χ0n) is 17.5. The number of nitrogens with one attached hydrogen (secondary N) is 2.